The zero-order chi connectivity index (χ0) is 12.1. The number of nitrogens with zero attached hydrogens (tertiary/aromatic N) is 2. The van der Waals surface area contributed by atoms with Crippen LogP contribution in [-0.2, 0) is 6.54 Å². The van der Waals surface area contributed by atoms with E-state index in [9.17, 15) is 4.79 Å². The molecule has 1 fully saturated rings. The van der Waals surface area contributed by atoms with Crippen LogP contribution >= 0.6 is 11.8 Å². The lowest BCUT2D eigenvalue weighted by Crippen LogP contribution is -2.39. The molecule has 0 saturated carbocycles. The van der Waals surface area contributed by atoms with Crippen LogP contribution in [0, 0.1) is 0 Å². The SMILES string of the molecule is CCCn1nccc1C(=O)CC1CSCCN1. The minimum Gasteiger partial charge on any atom is -0.312 e. The molecule has 1 aliphatic rings. The number of aromatic nitrogens is 2. The van der Waals surface area contributed by atoms with Crippen molar-refractivity contribution in [1.29, 1.82) is 0 Å². The molecule has 0 radical (unpaired) electrons. The fourth-order valence-electron chi connectivity index (χ4n) is 2.04. The molecule has 0 spiro atoms. The van der Waals surface area contributed by atoms with Gasteiger partial charge in [0.1, 0.15) is 5.69 Å². The molecule has 1 atom stereocenters. The first-order valence-electron chi connectivity index (χ1n) is 6.17. The van der Waals surface area contributed by atoms with Crippen LogP contribution in [-0.4, -0.2) is 39.7 Å². The topological polar surface area (TPSA) is 46.9 Å². The molecule has 94 valence electrons. The summed E-state index contributed by atoms with van der Waals surface area (Å²) in [5.41, 5.74) is 0.754. The normalized spacial score (nSPS) is 20.4. The van der Waals surface area contributed by atoms with Gasteiger partial charge in [0.25, 0.3) is 0 Å². The van der Waals surface area contributed by atoms with Crippen LogP contribution in [0.15, 0.2) is 12.3 Å². The molecule has 1 aliphatic heterocycles. The smallest absolute Gasteiger partial charge is 0.182 e. The summed E-state index contributed by atoms with van der Waals surface area (Å²) in [4.78, 5) is 12.2. The summed E-state index contributed by atoms with van der Waals surface area (Å²) in [7, 11) is 0. The van der Waals surface area contributed by atoms with E-state index >= 15 is 0 Å². The Hall–Kier alpha value is -0.810. The molecule has 1 saturated heterocycles. The highest BCUT2D eigenvalue weighted by atomic mass is 32.2. The van der Waals surface area contributed by atoms with Gasteiger partial charge in [0.15, 0.2) is 5.78 Å². The standard InChI is InChI=1S/C12H19N3OS/c1-2-6-15-11(3-4-14-15)12(16)8-10-9-17-7-5-13-10/h3-4,10,13H,2,5-9H2,1H3. The van der Waals surface area contributed by atoms with Crippen molar-refractivity contribution < 1.29 is 4.79 Å². The first-order chi connectivity index (χ1) is 8.31. The van der Waals surface area contributed by atoms with Crippen molar-refractivity contribution in [2.75, 3.05) is 18.1 Å². The van der Waals surface area contributed by atoms with Gasteiger partial charge in [-0.2, -0.15) is 16.9 Å². The third-order valence-corrected chi connectivity index (χ3v) is 4.00. The predicted octanol–water partition coefficient (Wildman–Crippen LogP) is 1.57. The number of thioether (sulfide) groups is 1. The zero-order valence-electron chi connectivity index (χ0n) is 10.2. The summed E-state index contributed by atoms with van der Waals surface area (Å²) in [5.74, 6) is 2.39. The van der Waals surface area contributed by atoms with E-state index in [1.165, 1.54) is 0 Å². The number of hydrogen-bond acceptors (Lipinski definition) is 4. The zero-order valence-corrected chi connectivity index (χ0v) is 11.0. The van der Waals surface area contributed by atoms with E-state index in [2.05, 4.69) is 17.3 Å². The molecule has 5 heteroatoms. The second-order valence-corrected chi connectivity index (χ2v) is 5.44. The molecule has 0 bridgehead atoms. The maximum atomic E-state index is 12.2. The van der Waals surface area contributed by atoms with Gasteiger partial charge in [-0.3, -0.25) is 9.48 Å². The van der Waals surface area contributed by atoms with Gasteiger partial charge in [-0.25, -0.2) is 0 Å². The number of Topliss-reactive ketones (excluding diaryl/α,β-unsaturated/α-hetero) is 1. The maximum absolute atomic E-state index is 12.2. The van der Waals surface area contributed by atoms with E-state index in [4.69, 9.17) is 0 Å². The van der Waals surface area contributed by atoms with Crippen molar-refractivity contribution in [1.82, 2.24) is 15.1 Å². The molecule has 17 heavy (non-hydrogen) atoms. The van der Waals surface area contributed by atoms with E-state index in [0.29, 0.717) is 12.5 Å². The molecule has 1 unspecified atom stereocenters. The summed E-state index contributed by atoms with van der Waals surface area (Å²) in [6.45, 7) is 3.92. The monoisotopic (exact) mass is 253 g/mol. The van der Waals surface area contributed by atoms with Crippen LogP contribution in [0.25, 0.3) is 0 Å². The highest BCUT2D eigenvalue weighted by Gasteiger charge is 2.19. The molecule has 1 aromatic rings. The van der Waals surface area contributed by atoms with Gasteiger partial charge in [0.2, 0.25) is 0 Å². The summed E-state index contributed by atoms with van der Waals surface area (Å²) in [6.07, 6.45) is 3.30. The van der Waals surface area contributed by atoms with Crippen LogP contribution in [0.3, 0.4) is 0 Å². The number of aryl methyl sites for hydroxylation is 1. The Morgan fingerprint density at radius 1 is 1.71 bits per heavy atom. The van der Waals surface area contributed by atoms with Crippen LogP contribution in [0.5, 0.6) is 0 Å². The molecule has 1 aromatic heterocycles. The van der Waals surface area contributed by atoms with Gasteiger partial charge in [-0.05, 0) is 12.5 Å². The third-order valence-electron chi connectivity index (χ3n) is 2.87. The van der Waals surface area contributed by atoms with Gasteiger partial charge < -0.3 is 5.32 Å². The number of carbonyl (C=O) groups is 1. The number of hydrogen-bond donors (Lipinski definition) is 1. The van der Waals surface area contributed by atoms with Crippen molar-refractivity contribution >= 4 is 17.5 Å². The lowest BCUT2D eigenvalue weighted by molar-refractivity contribution is 0.0961. The van der Waals surface area contributed by atoms with Gasteiger partial charge in [0, 0.05) is 43.3 Å². The van der Waals surface area contributed by atoms with Crippen molar-refractivity contribution in [3.05, 3.63) is 18.0 Å². The second-order valence-electron chi connectivity index (χ2n) is 4.29. The predicted molar refractivity (Wildman–Crippen MR) is 70.6 cm³/mol. The molecule has 0 aromatic carbocycles. The number of carbonyl (C=O) groups excluding carboxylic acids is 1. The quantitative estimate of drug-likeness (QED) is 0.809. The van der Waals surface area contributed by atoms with Crippen LogP contribution in [0.2, 0.25) is 0 Å². The van der Waals surface area contributed by atoms with Gasteiger partial charge in [-0.15, -0.1) is 0 Å². The maximum Gasteiger partial charge on any atom is 0.182 e. The van der Waals surface area contributed by atoms with Crippen LogP contribution < -0.4 is 5.32 Å². The molecule has 2 rings (SSSR count). The fourth-order valence-corrected chi connectivity index (χ4v) is 2.99. The molecular formula is C12H19N3OS. The lowest BCUT2D eigenvalue weighted by atomic mass is 10.1. The van der Waals surface area contributed by atoms with Crippen molar-refractivity contribution in [2.45, 2.75) is 32.4 Å². The summed E-state index contributed by atoms with van der Waals surface area (Å²) in [6, 6.07) is 2.15. The van der Waals surface area contributed by atoms with E-state index in [-0.39, 0.29) is 5.78 Å². The van der Waals surface area contributed by atoms with E-state index in [0.717, 1.165) is 36.7 Å². The van der Waals surface area contributed by atoms with E-state index < -0.39 is 0 Å². The second kappa shape index (κ2) is 6.21. The summed E-state index contributed by atoms with van der Waals surface area (Å²) < 4.78 is 1.82. The van der Waals surface area contributed by atoms with Gasteiger partial charge in [0.05, 0.1) is 0 Å². The van der Waals surface area contributed by atoms with Crippen molar-refractivity contribution in [3.8, 4) is 0 Å². The Morgan fingerprint density at radius 2 is 2.59 bits per heavy atom. The number of ketones is 1. The first-order valence-corrected chi connectivity index (χ1v) is 7.33. The van der Waals surface area contributed by atoms with Crippen molar-refractivity contribution in [3.63, 3.8) is 0 Å². The Kier molecular flexibility index (Phi) is 4.62. The molecule has 0 aliphatic carbocycles. The third kappa shape index (κ3) is 3.33. The Labute approximate surface area is 106 Å². The largest absolute Gasteiger partial charge is 0.312 e. The Balaban J connectivity index is 1.96. The highest BCUT2D eigenvalue weighted by molar-refractivity contribution is 7.99. The molecular weight excluding hydrogens is 234 g/mol. The fraction of sp³-hybridized carbons (Fsp3) is 0.667. The van der Waals surface area contributed by atoms with Crippen LogP contribution in [0.1, 0.15) is 30.3 Å². The number of nitrogens with one attached hydrogen (secondary N) is 1. The average molecular weight is 253 g/mol. The number of rotatable bonds is 5. The van der Waals surface area contributed by atoms with Gasteiger partial charge >= 0.3 is 0 Å². The lowest BCUT2D eigenvalue weighted by Gasteiger charge is -2.22. The van der Waals surface area contributed by atoms with E-state index in [1.54, 1.807) is 6.20 Å². The molecule has 1 N–H and O–H groups in total. The Bertz CT molecular complexity index is 372. The average Bonchev–Trinajstić information content (AvgIpc) is 2.79. The molecule has 0 amide bonds. The Morgan fingerprint density at radius 3 is 3.29 bits per heavy atom. The van der Waals surface area contributed by atoms with Crippen LogP contribution in [0.4, 0.5) is 0 Å². The first kappa shape index (κ1) is 12.6. The highest BCUT2D eigenvalue weighted by Crippen LogP contribution is 2.13. The minimum atomic E-state index is 0.205. The summed E-state index contributed by atoms with van der Waals surface area (Å²) >= 11 is 1.92. The summed E-state index contributed by atoms with van der Waals surface area (Å²) in [5, 5.41) is 7.58. The molecule has 2 heterocycles. The molecule has 4 nitrogen and oxygen atoms in total. The van der Waals surface area contributed by atoms with Crippen molar-refractivity contribution in [2.24, 2.45) is 0 Å². The minimum absolute atomic E-state index is 0.205. The van der Waals surface area contributed by atoms with Gasteiger partial charge in [-0.1, -0.05) is 6.92 Å². The van der Waals surface area contributed by atoms with E-state index in [1.807, 2.05) is 22.5 Å².